The van der Waals surface area contributed by atoms with Gasteiger partial charge in [0.2, 0.25) is 0 Å². The SMILES string of the molecule is COc1c(O)ccc2c1C[C@H]1[C@@]3(C)CCCC(C)(C)[C@@H]3CC[C@@]21C. The number of hydrogen-bond donors (Lipinski definition) is 1. The highest BCUT2D eigenvalue weighted by molar-refractivity contribution is 5.56. The van der Waals surface area contributed by atoms with Gasteiger partial charge in [0.25, 0.3) is 0 Å². The third-order valence-electron chi connectivity index (χ3n) is 8.26. The van der Waals surface area contributed by atoms with E-state index in [4.69, 9.17) is 4.74 Å². The summed E-state index contributed by atoms with van der Waals surface area (Å²) in [5.74, 6) is 2.49. The van der Waals surface area contributed by atoms with Crippen LogP contribution in [0.2, 0.25) is 0 Å². The fourth-order valence-corrected chi connectivity index (χ4v) is 7.22. The lowest BCUT2D eigenvalue weighted by Gasteiger charge is -2.61. The summed E-state index contributed by atoms with van der Waals surface area (Å²) in [6, 6.07) is 4.01. The first-order valence-corrected chi connectivity index (χ1v) is 9.63. The Bertz CT molecular complexity index is 677. The third kappa shape index (κ3) is 1.89. The molecule has 132 valence electrons. The Morgan fingerprint density at radius 1 is 1.04 bits per heavy atom. The molecule has 0 spiro atoms. The zero-order chi connectivity index (χ0) is 17.3. The van der Waals surface area contributed by atoms with Gasteiger partial charge in [0.1, 0.15) is 0 Å². The van der Waals surface area contributed by atoms with Gasteiger partial charge in [-0.15, -0.1) is 0 Å². The van der Waals surface area contributed by atoms with E-state index < -0.39 is 0 Å². The zero-order valence-electron chi connectivity index (χ0n) is 15.9. The Morgan fingerprint density at radius 2 is 1.79 bits per heavy atom. The largest absolute Gasteiger partial charge is 0.504 e. The van der Waals surface area contributed by atoms with Gasteiger partial charge >= 0.3 is 0 Å². The van der Waals surface area contributed by atoms with E-state index in [1.807, 2.05) is 6.07 Å². The number of methoxy groups -OCH3 is 1. The van der Waals surface area contributed by atoms with Gasteiger partial charge in [-0.05, 0) is 71.8 Å². The number of aromatic hydroxyl groups is 1. The molecule has 1 aromatic carbocycles. The molecule has 0 aromatic heterocycles. The van der Waals surface area contributed by atoms with Gasteiger partial charge < -0.3 is 9.84 Å². The van der Waals surface area contributed by atoms with Gasteiger partial charge in [0.05, 0.1) is 7.11 Å². The smallest absolute Gasteiger partial charge is 0.163 e. The minimum absolute atomic E-state index is 0.231. The minimum atomic E-state index is 0.231. The Kier molecular flexibility index (Phi) is 3.34. The van der Waals surface area contributed by atoms with E-state index in [0.717, 1.165) is 18.1 Å². The van der Waals surface area contributed by atoms with Gasteiger partial charge in [-0.1, -0.05) is 40.2 Å². The van der Waals surface area contributed by atoms with Crippen LogP contribution in [0.3, 0.4) is 0 Å². The molecular formula is C22H32O2. The fraction of sp³-hybridized carbons (Fsp3) is 0.727. The van der Waals surface area contributed by atoms with Gasteiger partial charge in [-0.25, -0.2) is 0 Å². The molecule has 0 aliphatic heterocycles. The number of ether oxygens (including phenoxy) is 1. The van der Waals surface area contributed by atoms with E-state index in [-0.39, 0.29) is 5.41 Å². The molecule has 3 aliphatic carbocycles. The molecule has 24 heavy (non-hydrogen) atoms. The van der Waals surface area contributed by atoms with Crippen LogP contribution in [0.4, 0.5) is 0 Å². The van der Waals surface area contributed by atoms with E-state index in [1.165, 1.54) is 43.2 Å². The molecule has 3 aliphatic rings. The van der Waals surface area contributed by atoms with E-state index in [0.29, 0.717) is 22.5 Å². The second kappa shape index (κ2) is 4.93. The lowest BCUT2D eigenvalue weighted by atomic mass is 9.43. The quantitative estimate of drug-likeness (QED) is 0.742. The van der Waals surface area contributed by atoms with Crippen molar-refractivity contribution in [1.29, 1.82) is 0 Å². The lowest BCUT2D eigenvalue weighted by Crippen LogP contribution is -2.55. The summed E-state index contributed by atoms with van der Waals surface area (Å²) in [5.41, 5.74) is 3.79. The topological polar surface area (TPSA) is 29.5 Å². The van der Waals surface area contributed by atoms with E-state index in [1.54, 1.807) is 7.11 Å². The Morgan fingerprint density at radius 3 is 2.50 bits per heavy atom. The van der Waals surface area contributed by atoms with Crippen LogP contribution < -0.4 is 4.74 Å². The summed E-state index contributed by atoms with van der Waals surface area (Å²) in [4.78, 5) is 0. The van der Waals surface area contributed by atoms with Crippen LogP contribution in [0.25, 0.3) is 0 Å². The number of rotatable bonds is 1. The summed E-state index contributed by atoms with van der Waals surface area (Å²) in [7, 11) is 1.69. The van der Waals surface area contributed by atoms with Crippen molar-refractivity contribution in [3.63, 3.8) is 0 Å². The molecule has 1 aromatic rings. The first-order chi connectivity index (χ1) is 11.2. The number of phenols is 1. The van der Waals surface area contributed by atoms with Crippen molar-refractivity contribution in [1.82, 2.24) is 0 Å². The molecule has 0 amide bonds. The second-order valence-electron chi connectivity index (χ2n) is 9.76. The molecule has 2 heteroatoms. The number of phenolic OH excluding ortho intramolecular Hbond substituents is 1. The standard InChI is InChI=1S/C22H32O2/c1-20(2)10-6-11-22(4)17(20)9-12-21(3)15-7-8-16(23)19(24-5)14(15)13-18(21)22/h7-8,17-18,23H,6,9-13H2,1-5H3/t17-,18+,21-,22-/m0/s1. The summed E-state index contributed by atoms with van der Waals surface area (Å²) in [6.45, 7) is 10.0. The first-order valence-electron chi connectivity index (χ1n) is 9.63. The highest BCUT2D eigenvalue weighted by Crippen LogP contribution is 2.68. The van der Waals surface area contributed by atoms with Crippen molar-refractivity contribution >= 4 is 0 Å². The van der Waals surface area contributed by atoms with Crippen LogP contribution in [-0.2, 0) is 11.8 Å². The molecule has 0 heterocycles. The van der Waals surface area contributed by atoms with Gasteiger partial charge in [-0.3, -0.25) is 0 Å². The zero-order valence-corrected chi connectivity index (χ0v) is 15.9. The average Bonchev–Trinajstić information content (AvgIpc) is 2.80. The Hall–Kier alpha value is -1.18. The highest BCUT2D eigenvalue weighted by Gasteiger charge is 2.61. The van der Waals surface area contributed by atoms with Crippen molar-refractivity contribution in [2.75, 3.05) is 7.11 Å². The van der Waals surface area contributed by atoms with Crippen LogP contribution in [-0.4, -0.2) is 12.2 Å². The van der Waals surface area contributed by atoms with Gasteiger partial charge in [-0.2, -0.15) is 0 Å². The summed E-state index contributed by atoms with van der Waals surface area (Å²) in [6.07, 6.45) is 7.73. The average molecular weight is 328 g/mol. The second-order valence-corrected chi connectivity index (χ2v) is 9.76. The fourth-order valence-electron chi connectivity index (χ4n) is 7.22. The molecule has 4 atom stereocenters. The molecule has 0 bridgehead atoms. The monoisotopic (exact) mass is 328 g/mol. The molecule has 0 unspecified atom stereocenters. The van der Waals surface area contributed by atoms with Gasteiger partial charge in [0, 0.05) is 5.56 Å². The van der Waals surface area contributed by atoms with Crippen molar-refractivity contribution in [3.05, 3.63) is 23.3 Å². The van der Waals surface area contributed by atoms with Crippen LogP contribution in [0, 0.1) is 22.7 Å². The molecule has 2 fully saturated rings. The molecule has 2 nitrogen and oxygen atoms in total. The van der Waals surface area contributed by atoms with Crippen molar-refractivity contribution in [2.24, 2.45) is 22.7 Å². The van der Waals surface area contributed by atoms with E-state index >= 15 is 0 Å². The van der Waals surface area contributed by atoms with Crippen molar-refractivity contribution < 1.29 is 9.84 Å². The summed E-state index contributed by atoms with van der Waals surface area (Å²) < 4.78 is 5.60. The molecule has 0 radical (unpaired) electrons. The van der Waals surface area contributed by atoms with Crippen LogP contribution >= 0.6 is 0 Å². The van der Waals surface area contributed by atoms with Crippen LogP contribution in [0.15, 0.2) is 12.1 Å². The molecule has 1 N–H and O–H groups in total. The normalized spacial score (nSPS) is 39.7. The molecule has 0 saturated heterocycles. The maximum Gasteiger partial charge on any atom is 0.163 e. The Labute approximate surface area is 146 Å². The van der Waals surface area contributed by atoms with E-state index in [2.05, 4.69) is 33.8 Å². The highest BCUT2D eigenvalue weighted by atomic mass is 16.5. The van der Waals surface area contributed by atoms with Crippen LogP contribution in [0.5, 0.6) is 11.5 Å². The van der Waals surface area contributed by atoms with Gasteiger partial charge in [0.15, 0.2) is 11.5 Å². The Balaban J connectivity index is 1.84. The maximum absolute atomic E-state index is 10.2. The maximum atomic E-state index is 10.2. The summed E-state index contributed by atoms with van der Waals surface area (Å²) in [5, 5.41) is 10.2. The molecule has 2 saturated carbocycles. The number of benzene rings is 1. The summed E-state index contributed by atoms with van der Waals surface area (Å²) >= 11 is 0. The van der Waals surface area contributed by atoms with Crippen LogP contribution in [0.1, 0.15) is 70.9 Å². The van der Waals surface area contributed by atoms with E-state index in [9.17, 15) is 5.11 Å². The predicted molar refractivity (Wildman–Crippen MR) is 97.7 cm³/mol. The molecular weight excluding hydrogens is 296 g/mol. The number of fused-ring (bicyclic) bond motifs is 5. The predicted octanol–water partition coefficient (Wildman–Crippen LogP) is 5.46. The van der Waals surface area contributed by atoms with Crippen molar-refractivity contribution in [3.8, 4) is 11.5 Å². The van der Waals surface area contributed by atoms with Crippen molar-refractivity contribution in [2.45, 2.75) is 71.6 Å². The number of hydrogen-bond acceptors (Lipinski definition) is 2. The minimum Gasteiger partial charge on any atom is -0.504 e. The lowest BCUT2D eigenvalue weighted by molar-refractivity contribution is -0.0982. The molecule has 4 rings (SSSR count). The third-order valence-corrected chi connectivity index (χ3v) is 8.26. The first kappa shape index (κ1) is 16.3.